The number of aryl methyl sites for hydroxylation is 6. The van der Waals surface area contributed by atoms with E-state index in [4.69, 9.17) is 14.4 Å². The van der Waals surface area contributed by atoms with Gasteiger partial charge in [-0.05, 0) is 152 Å². The largest absolute Gasteiger partial charge is 0.507 e. The number of rotatable bonds is 5. The Kier molecular flexibility index (Phi) is 7.60. The minimum absolute atomic E-state index is 0.133. The summed E-state index contributed by atoms with van der Waals surface area (Å²) in [6.07, 6.45) is 1.88. The lowest BCUT2D eigenvalue weighted by Gasteiger charge is -2.18. The monoisotopic (exact) mass is 650 g/mol. The molecule has 50 heavy (non-hydrogen) atoms. The molecule has 0 bridgehead atoms. The molecule has 0 aliphatic carbocycles. The van der Waals surface area contributed by atoms with Crippen LogP contribution in [0.25, 0.3) is 78.0 Å². The normalized spacial score (nSPS) is 11.5. The van der Waals surface area contributed by atoms with Crippen molar-refractivity contribution in [2.24, 2.45) is 0 Å². The molecule has 0 saturated carbocycles. The Morgan fingerprint density at radius 2 is 1.08 bits per heavy atom. The standard InChI is InChI=1S/C46H38N2O2/c1-26-17-28(3)42(29(4)18-26)35-23-33(37-13-9-15-41-45(37)48-46(50-41)38-12-7-8-14-40(38)49)22-34(24-35)39-25-36(21-32-11-10-16-47-44(32)39)43-30(5)19-27(2)20-31(43)6/h7-25,49H,1-6H3. The number of phenols is 1. The first-order chi connectivity index (χ1) is 24.1. The number of oxazole rings is 1. The van der Waals surface area contributed by atoms with Gasteiger partial charge in [-0.3, -0.25) is 4.98 Å². The van der Waals surface area contributed by atoms with Gasteiger partial charge in [-0.25, -0.2) is 4.98 Å². The van der Waals surface area contributed by atoms with E-state index in [1.54, 1.807) is 12.1 Å². The number of aromatic hydroxyl groups is 1. The molecule has 0 amide bonds. The number of hydrogen-bond acceptors (Lipinski definition) is 4. The number of hydrogen-bond donors (Lipinski definition) is 1. The van der Waals surface area contributed by atoms with Crippen LogP contribution in [0.1, 0.15) is 33.4 Å². The summed E-state index contributed by atoms with van der Waals surface area (Å²) in [6.45, 7) is 13.1. The van der Waals surface area contributed by atoms with Crippen LogP contribution in [-0.4, -0.2) is 15.1 Å². The summed E-state index contributed by atoms with van der Waals surface area (Å²) in [7, 11) is 0. The molecule has 1 N–H and O–H groups in total. The molecular formula is C46H38N2O2. The van der Waals surface area contributed by atoms with Gasteiger partial charge in [0.25, 0.3) is 0 Å². The first-order valence-electron chi connectivity index (χ1n) is 17.0. The Morgan fingerprint density at radius 3 is 1.74 bits per heavy atom. The van der Waals surface area contributed by atoms with Crippen molar-refractivity contribution in [3.8, 4) is 61.7 Å². The van der Waals surface area contributed by atoms with E-state index in [0.29, 0.717) is 17.0 Å². The van der Waals surface area contributed by atoms with E-state index in [1.165, 1.54) is 50.1 Å². The fraction of sp³-hybridized carbons (Fsp3) is 0.130. The number of pyridine rings is 1. The smallest absolute Gasteiger partial charge is 0.231 e. The lowest BCUT2D eigenvalue weighted by Crippen LogP contribution is -1.95. The van der Waals surface area contributed by atoms with Crippen LogP contribution in [-0.2, 0) is 0 Å². The molecule has 2 heterocycles. The molecule has 8 aromatic rings. The van der Waals surface area contributed by atoms with Gasteiger partial charge in [-0.1, -0.05) is 65.7 Å². The third-order valence-corrected chi connectivity index (χ3v) is 9.74. The zero-order valence-corrected chi connectivity index (χ0v) is 29.2. The molecule has 0 unspecified atom stereocenters. The van der Waals surface area contributed by atoms with Crippen LogP contribution in [0.3, 0.4) is 0 Å². The summed E-state index contributed by atoms with van der Waals surface area (Å²) < 4.78 is 6.25. The Morgan fingerprint density at radius 1 is 0.500 bits per heavy atom. The van der Waals surface area contributed by atoms with Crippen molar-refractivity contribution in [3.63, 3.8) is 0 Å². The van der Waals surface area contributed by atoms with Gasteiger partial charge in [0.15, 0.2) is 5.58 Å². The summed E-state index contributed by atoms with van der Waals surface area (Å²) in [5, 5.41) is 11.7. The third kappa shape index (κ3) is 5.43. The van der Waals surface area contributed by atoms with Crippen molar-refractivity contribution in [1.29, 1.82) is 0 Å². The maximum atomic E-state index is 10.6. The van der Waals surface area contributed by atoms with Crippen molar-refractivity contribution in [2.45, 2.75) is 41.5 Å². The van der Waals surface area contributed by atoms with Crippen molar-refractivity contribution >= 4 is 22.0 Å². The maximum Gasteiger partial charge on any atom is 0.231 e. The first-order valence-corrected chi connectivity index (χ1v) is 17.0. The first kappa shape index (κ1) is 31.3. The SMILES string of the molecule is Cc1cc(C)c(-c2cc(-c3cc(-c4c(C)cc(C)cc4C)cc4cccnc34)cc(-c3cccc4oc(-c5ccccc5O)nc34)c2)c(C)c1. The van der Waals surface area contributed by atoms with Crippen LogP contribution in [0.2, 0.25) is 0 Å². The fourth-order valence-corrected chi connectivity index (χ4v) is 7.86. The Labute approximate surface area is 292 Å². The second kappa shape index (κ2) is 12.2. The second-order valence-corrected chi connectivity index (χ2v) is 13.6. The zero-order valence-electron chi connectivity index (χ0n) is 29.2. The molecule has 0 atom stereocenters. The van der Waals surface area contributed by atoms with Crippen LogP contribution in [0.15, 0.2) is 120 Å². The molecule has 4 nitrogen and oxygen atoms in total. The lowest BCUT2D eigenvalue weighted by atomic mass is 9.86. The second-order valence-electron chi connectivity index (χ2n) is 13.6. The van der Waals surface area contributed by atoms with E-state index < -0.39 is 0 Å². The maximum absolute atomic E-state index is 10.6. The molecule has 4 heteroatoms. The summed E-state index contributed by atoms with van der Waals surface area (Å²) >= 11 is 0. The Bertz CT molecular complexity index is 2580. The summed E-state index contributed by atoms with van der Waals surface area (Å²) in [5.74, 6) is 0.521. The molecule has 0 fully saturated rings. The van der Waals surface area contributed by atoms with Crippen LogP contribution in [0.4, 0.5) is 0 Å². The van der Waals surface area contributed by atoms with E-state index >= 15 is 0 Å². The third-order valence-electron chi connectivity index (χ3n) is 9.74. The number of fused-ring (bicyclic) bond motifs is 2. The highest BCUT2D eigenvalue weighted by atomic mass is 16.3. The van der Waals surface area contributed by atoms with E-state index in [1.807, 2.05) is 36.5 Å². The van der Waals surface area contributed by atoms with E-state index in [9.17, 15) is 5.11 Å². The van der Waals surface area contributed by atoms with Crippen molar-refractivity contribution in [1.82, 2.24) is 9.97 Å². The lowest BCUT2D eigenvalue weighted by molar-refractivity contribution is 0.474. The number of benzene rings is 6. The Balaban J connectivity index is 1.42. The highest BCUT2D eigenvalue weighted by Crippen LogP contribution is 2.42. The van der Waals surface area contributed by atoms with Crippen LogP contribution >= 0.6 is 0 Å². The summed E-state index contributed by atoms with van der Waals surface area (Å²) in [5.41, 5.74) is 19.3. The van der Waals surface area contributed by atoms with Crippen molar-refractivity contribution < 1.29 is 9.52 Å². The molecule has 0 spiro atoms. The van der Waals surface area contributed by atoms with Gasteiger partial charge in [-0.15, -0.1) is 0 Å². The van der Waals surface area contributed by atoms with Gasteiger partial charge in [0.05, 0.1) is 11.1 Å². The topological polar surface area (TPSA) is 59.2 Å². The van der Waals surface area contributed by atoms with Crippen molar-refractivity contribution in [2.75, 3.05) is 0 Å². The molecule has 0 saturated heterocycles. The van der Waals surface area contributed by atoms with Crippen molar-refractivity contribution in [3.05, 3.63) is 149 Å². The number of para-hydroxylation sites is 2. The van der Waals surface area contributed by atoms with Gasteiger partial charge >= 0.3 is 0 Å². The van der Waals surface area contributed by atoms with Gasteiger partial charge < -0.3 is 9.52 Å². The van der Waals surface area contributed by atoms with Gasteiger partial charge in [0.2, 0.25) is 5.89 Å². The molecule has 8 rings (SSSR count). The molecule has 0 aliphatic heterocycles. The van der Waals surface area contributed by atoms with Crippen LogP contribution in [0, 0.1) is 41.5 Å². The minimum atomic E-state index is 0.133. The molecule has 0 aliphatic rings. The summed E-state index contributed by atoms with van der Waals surface area (Å²) in [4.78, 5) is 9.91. The van der Waals surface area contributed by atoms with Gasteiger partial charge in [0.1, 0.15) is 11.3 Å². The average Bonchev–Trinajstić information content (AvgIpc) is 3.51. The summed E-state index contributed by atoms with van der Waals surface area (Å²) in [6, 6.07) is 37.8. The van der Waals surface area contributed by atoms with E-state index in [-0.39, 0.29) is 5.75 Å². The predicted molar refractivity (Wildman–Crippen MR) is 207 cm³/mol. The quantitative estimate of drug-likeness (QED) is 0.201. The molecule has 6 aromatic carbocycles. The number of nitrogens with zero attached hydrogens (tertiary/aromatic N) is 2. The highest BCUT2D eigenvalue weighted by Gasteiger charge is 2.19. The molecule has 244 valence electrons. The zero-order chi connectivity index (χ0) is 34.7. The average molecular weight is 651 g/mol. The van der Waals surface area contributed by atoms with E-state index in [0.717, 1.165) is 44.2 Å². The number of phenolic OH excluding ortho intramolecular Hbond substituents is 1. The van der Waals surface area contributed by atoms with Gasteiger partial charge in [-0.2, -0.15) is 0 Å². The highest BCUT2D eigenvalue weighted by molar-refractivity contribution is 6.01. The number of aromatic nitrogens is 2. The van der Waals surface area contributed by atoms with Crippen LogP contribution in [0.5, 0.6) is 5.75 Å². The predicted octanol–water partition coefficient (Wildman–Crippen LogP) is 12.3. The molecule has 0 radical (unpaired) electrons. The molecular weight excluding hydrogens is 613 g/mol. The van der Waals surface area contributed by atoms with E-state index in [2.05, 4.69) is 108 Å². The van der Waals surface area contributed by atoms with Crippen LogP contribution < -0.4 is 0 Å². The Hall–Kier alpha value is -6.00. The minimum Gasteiger partial charge on any atom is -0.507 e. The van der Waals surface area contributed by atoms with Gasteiger partial charge in [0, 0.05) is 22.7 Å². The fourth-order valence-electron chi connectivity index (χ4n) is 7.86. The molecule has 2 aromatic heterocycles.